The maximum absolute atomic E-state index is 9.91. The topological polar surface area (TPSA) is 84.5 Å². The summed E-state index contributed by atoms with van der Waals surface area (Å²) in [5.41, 5.74) is 5.76. The minimum Gasteiger partial charge on any atom is -0.391 e. The lowest BCUT2D eigenvalue weighted by Crippen LogP contribution is -2.43. The lowest BCUT2D eigenvalue weighted by Gasteiger charge is -2.35. The van der Waals surface area contributed by atoms with Gasteiger partial charge in [-0.2, -0.15) is 0 Å². The van der Waals surface area contributed by atoms with Crippen LogP contribution in [0.4, 0.5) is 11.6 Å². The molecular weight excluding hydrogens is 232 g/mol. The smallest absolute Gasteiger partial charge is 0.158 e. The number of ether oxygens (including phenoxy) is 1. The fourth-order valence-corrected chi connectivity index (χ4v) is 2.12. The molecule has 1 aliphatic rings. The number of aliphatic hydroxyl groups is 1. The summed E-state index contributed by atoms with van der Waals surface area (Å²) in [4.78, 5) is 10.6. The van der Waals surface area contributed by atoms with Gasteiger partial charge in [0.05, 0.1) is 6.10 Å². The predicted molar refractivity (Wildman–Crippen MR) is 69.2 cm³/mol. The Bertz CT molecular complexity index is 413. The van der Waals surface area contributed by atoms with Crippen molar-refractivity contribution in [2.45, 2.75) is 26.1 Å². The fourth-order valence-electron chi connectivity index (χ4n) is 2.12. The molecule has 1 saturated heterocycles. The molecule has 0 saturated carbocycles. The summed E-state index contributed by atoms with van der Waals surface area (Å²) < 4.78 is 5.01. The number of nitrogens with zero attached hydrogens (tertiary/aromatic N) is 3. The first-order valence-electron chi connectivity index (χ1n) is 6.15. The summed E-state index contributed by atoms with van der Waals surface area (Å²) in [6, 6.07) is 1.74. The number of hydrogen-bond acceptors (Lipinski definition) is 6. The number of rotatable bonds is 3. The maximum atomic E-state index is 9.91. The van der Waals surface area contributed by atoms with E-state index in [1.54, 1.807) is 13.2 Å². The lowest BCUT2D eigenvalue weighted by atomic mass is 9.96. The van der Waals surface area contributed by atoms with Gasteiger partial charge >= 0.3 is 0 Å². The third kappa shape index (κ3) is 2.88. The molecule has 2 atom stereocenters. The third-order valence-corrected chi connectivity index (χ3v) is 3.29. The molecule has 0 amide bonds. The van der Waals surface area contributed by atoms with E-state index >= 15 is 0 Å². The molecule has 0 aliphatic carbocycles. The van der Waals surface area contributed by atoms with E-state index in [0.29, 0.717) is 30.7 Å². The van der Waals surface area contributed by atoms with Gasteiger partial charge in [0.15, 0.2) is 5.82 Å². The highest BCUT2D eigenvalue weighted by Crippen LogP contribution is 2.23. The van der Waals surface area contributed by atoms with Crippen molar-refractivity contribution in [1.29, 1.82) is 0 Å². The van der Waals surface area contributed by atoms with Crippen LogP contribution in [0.1, 0.15) is 19.2 Å². The Hall–Kier alpha value is -1.40. The molecule has 0 spiro atoms. The highest BCUT2D eigenvalue weighted by Gasteiger charge is 2.25. The van der Waals surface area contributed by atoms with Crippen LogP contribution < -0.4 is 10.6 Å². The van der Waals surface area contributed by atoms with Crippen molar-refractivity contribution in [3.8, 4) is 0 Å². The number of anilines is 2. The van der Waals surface area contributed by atoms with Crippen LogP contribution in [0, 0.1) is 5.92 Å². The van der Waals surface area contributed by atoms with Gasteiger partial charge in [0, 0.05) is 26.3 Å². The largest absolute Gasteiger partial charge is 0.391 e. The molecule has 3 N–H and O–H groups in total. The van der Waals surface area contributed by atoms with Crippen molar-refractivity contribution in [2.24, 2.45) is 5.92 Å². The van der Waals surface area contributed by atoms with E-state index in [0.717, 1.165) is 18.8 Å². The van der Waals surface area contributed by atoms with E-state index in [9.17, 15) is 5.11 Å². The SMILES string of the molecule is COCc1nc(N)cc(N2CCC(C)C(O)C2)n1. The summed E-state index contributed by atoms with van der Waals surface area (Å²) in [5, 5.41) is 9.91. The number of hydrogen-bond donors (Lipinski definition) is 2. The predicted octanol–water partition coefficient (Wildman–Crippen LogP) is 0.412. The lowest BCUT2D eigenvalue weighted by molar-refractivity contribution is 0.102. The van der Waals surface area contributed by atoms with Crippen LogP contribution in [0.15, 0.2) is 6.07 Å². The van der Waals surface area contributed by atoms with Crippen LogP contribution in [-0.2, 0) is 11.3 Å². The number of aromatic nitrogens is 2. The van der Waals surface area contributed by atoms with E-state index < -0.39 is 0 Å². The molecule has 18 heavy (non-hydrogen) atoms. The van der Waals surface area contributed by atoms with Gasteiger partial charge in [-0.15, -0.1) is 0 Å². The van der Waals surface area contributed by atoms with E-state index in [4.69, 9.17) is 10.5 Å². The zero-order valence-electron chi connectivity index (χ0n) is 10.8. The van der Waals surface area contributed by atoms with Gasteiger partial charge in [0.1, 0.15) is 18.2 Å². The quantitative estimate of drug-likeness (QED) is 0.810. The van der Waals surface area contributed by atoms with E-state index in [1.807, 2.05) is 4.90 Å². The highest BCUT2D eigenvalue weighted by molar-refractivity contribution is 5.47. The Morgan fingerprint density at radius 3 is 3.00 bits per heavy atom. The average molecular weight is 252 g/mol. The normalized spacial score (nSPS) is 24.3. The molecule has 2 heterocycles. The zero-order valence-corrected chi connectivity index (χ0v) is 10.8. The molecule has 2 rings (SSSR count). The summed E-state index contributed by atoms with van der Waals surface area (Å²) in [6.07, 6.45) is 0.630. The molecule has 1 aromatic rings. The van der Waals surface area contributed by atoms with Crippen molar-refractivity contribution >= 4 is 11.6 Å². The first kappa shape index (κ1) is 13.0. The Morgan fingerprint density at radius 2 is 2.33 bits per heavy atom. The second kappa shape index (κ2) is 5.49. The van der Waals surface area contributed by atoms with Crippen molar-refractivity contribution in [1.82, 2.24) is 9.97 Å². The van der Waals surface area contributed by atoms with Gasteiger partial charge in [0.2, 0.25) is 0 Å². The van der Waals surface area contributed by atoms with Crippen molar-refractivity contribution in [3.05, 3.63) is 11.9 Å². The summed E-state index contributed by atoms with van der Waals surface area (Å²) in [7, 11) is 1.60. The molecule has 100 valence electrons. The molecular formula is C12H20N4O2. The van der Waals surface area contributed by atoms with Crippen LogP contribution in [-0.4, -0.2) is 41.4 Å². The summed E-state index contributed by atoms with van der Waals surface area (Å²) in [5.74, 6) is 2.10. The van der Waals surface area contributed by atoms with Gasteiger partial charge in [-0.05, 0) is 12.3 Å². The minimum absolute atomic E-state index is 0.319. The Morgan fingerprint density at radius 1 is 1.56 bits per heavy atom. The standard InChI is InChI=1S/C12H20N4O2/c1-8-3-4-16(6-9(8)17)12-5-10(13)14-11(15-12)7-18-2/h5,8-9,17H,3-4,6-7H2,1-2H3,(H2,13,14,15). The Kier molecular flexibility index (Phi) is 3.98. The second-order valence-corrected chi connectivity index (χ2v) is 4.78. The van der Waals surface area contributed by atoms with Gasteiger partial charge < -0.3 is 20.5 Å². The van der Waals surface area contributed by atoms with E-state index in [2.05, 4.69) is 16.9 Å². The second-order valence-electron chi connectivity index (χ2n) is 4.78. The molecule has 6 nitrogen and oxygen atoms in total. The van der Waals surface area contributed by atoms with Gasteiger partial charge in [-0.25, -0.2) is 9.97 Å². The van der Waals surface area contributed by atoms with E-state index in [1.165, 1.54) is 0 Å². The van der Waals surface area contributed by atoms with Crippen LogP contribution in [0.25, 0.3) is 0 Å². The van der Waals surface area contributed by atoms with Crippen LogP contribution in [0.5, 0.6) is 0 Å². The van der Waals surface area contributed by atoms with Crippen LogP contribution >= 0.6 is 0 Å². The molecule has 2 unspecified atom stereocenters. The zero-order chi connectivity index (χ0) is 13.1. The van der Waals surface area contributed by atoms with Crippen molar-refractivity contribution in [3.63, 3.8) is 0 Å². The summed E-state index contributed by atoms with van der Waals surface area (Å²) in [6.45, 7) is 3.86. The maximum Gasteiger partial charge on any atom is 0.158 e. The Labute approximate surface area is 107 Å². The first-order chi connectivity index (χ1) is 8.60. The molecule has 0 bridgehead atoms. The highest BCUT2D eigenvalue weighted by atomic mass is 16.5. The molecule has 0 radical (unpaired) electrons. The average Bonchev–Trinajstić information content (AvgIpc) is 2.32. The van der Waals surface area contributed by atoms with Gasteiger partial charge in [0.25, 0.3) is 0 Å². The monoisotopic (exact) mass is 252 g/mol. The number of piperidine rings is 1. The first-order valence-corrected chi connectivity index (χ1v) is 6.15. The molecule has 1 aliphatic heterocycles. The number of β-amino-alcohol motifs (C(OH)–C–C–N with tert-alkyl or cyclic N) is 1. The minimum atomic E-state index is -0.319. The van der Waals surface area contributed by atoms with Gasteiger partial charge in [-0.3, -0.25) is 0 Å². The van der Waals surface area contributed by atoms with Crippen LogP contribution in [0.3, 0.4) is 0 Å². The van der Waals surface area contributed by atoms with E-state index in [-0.39, 0.29) is 6.10 Å². The van der Waals surface area contributed by atoms with Crippen molar-refractivity contribution < 1.29 is 9.84 Å². The molecule has 1 aromatic heterocycles. The van der Waals surface area contributed by atoms with Crippen molar-refractivity contribution in [2.75, 3.05) is 30.8 Å². The third-order valence-electron chi connectivity index (χ3n) is 3.29. The van der Waals surface area contributed by atoms with Gasteiger partial charge in [-0.1, -0.05) is 6.92 Å². The molecule has 6 heteroatoms. The number of methoxy groups -OCH3 is 1. The fraction of sp³-hybridized carbons (Fsp3) is 0.667. The Balaban J connectivity index is 2.17. The number of aliphatic hydroxyl groups excluding tert-OH is 1. The molecule has 1 fully saturated rings. The van der Waals surface area contributed by atoms with Crippen LogP contribution in [0.2, 0.25) is 0 Å². The number of nitrogens with two attached hydrogens (primary N) is 1. The summed E-state index contributed by atoms with van der Waals surface area (Å²) >= 11 is 0. The molecule has 0 aromatic carbocycles. The number of nitrogen functional groups attached to an aromatic ring is 1.